The SMILES string of the molecule is Cc1ccc(NC(=O)NC(CCC(=O)O)C(=O)O)c(F)c1. The molecule has 0 radical (unpaired) electrons. The summed E-state index contributed by atoms with van der Waals surface area (Å²) in [6, 6.07) is 1.86. The summed E-state index contributed by atoms with van der Waals surface area (Å²) in [4.78, 5) is 32.9. The van der Waals surface area contributed by atoms with Crippen LogP contribution < -0.4 is 10.6 Å². The van der Waals surface area contributed by atoms with E-state index in [1.807, 2.05) is 0 Å². The first kappa shape index (κ1) is 16.4. The number of carbonyl (C=O) groups is 3. The van der Waals surface area contributed by atoms with Crippen molar-refractivity contribution in [1.82, 2.24) is 5.32 Å². The molecule has 1 aromatic carbocycles. The molecule has 0 heterocycles. The van der Waals surface area contributed by atoms with E-state index < -0.39 is 36.2 Å². The molecule has 1 atom stereocenters. The van der Waals surface area contributed by atoms with Crippen molar-refractivity contribution < 1.29 is 29.0 Å². The van der Waals surface area contributed by atoms with Crippen LogP contribution in [0.4, 0.5) is 14.9 Å². The third-order valence-corrected chi connectivity index (χ3v) is 2.62. The lowest BCUT2D eigenvalue weighted by atomic mass is 10.1. The van der Waals surface area contributed by atoms with Crippen molar-refractivity contribution in [3.63, 3.8) is 0 Å². The number of urea groups is 1. The first-order chi connectivity index (χ1) is 9.79. The Morgan fingerprint density at radius 3 is 2.48 bits per heavy atom. The van der Waals surface area contributed by atoms with Gasteiger partial charge in [-0.05, 0) is 31.0 Å². The molecule has 0 fully saturated rings. The Bertz CT molecular complexity index is 561. The lowest BCUT2D eigenvalue weighted by Crippen LogP contribution is -2.43. The van der Waals surface area contributed by atoms with E-state index in [1.165, 1.54) is 12.1 Å². The van der Waals surface area contributed by atoms with Gasteiger partial charge in [-0.1, -0.05) is 6.07 Å². The van der Waals surface area contributed by atoms with Gasteiger partial charge in [0.25, 0.3) is 0 Å². The number of aryl methyl sites for hydroxylation is 1. The molecule has 0 aliphatic carbocycles. The van der Waals surface area contributed by atoms with Gasteiger partial charge >= 0.3 is 18.0 Å². The van der Waals surface area contributed by atoms with E-state index in [1.54, 1.807) is 13.0 Å². The van der Waals surface area contributed by atoms with E-state index in [-0.39, 0.29) is 12.1 Å². The number of hydrogen-bond donors (Lipinski definition) is 4. The summed E-state index contributed by atoms with van der Waals surface area (Å²) in [5, 5.41) is 21.6. The van der Waals surface area contributed by atoms with Crippen LogP contribution in [-0.2, 0) is 9.59 Å². The monoisotopic (exact) mass is 298 g/mol. The van der Waals surface area contributed by atoms with Crippen molar-refractivity contribution in [3.8, 4) is 0 Å². The van der Waals surface area contributed by atoms with E-state index in [0.29, 0.717) is 5.56 Å². The van der Waals surface area contributed by atoms with E-state index >= 15 is 0 Å². The number of nitrogens with one attached hydrogen (secondary N) is 2. The number of halogens is 1. The fourth-order valence-electron chi connectivity index (χ4n) is 1.56. The minimum atomic E-state index is -1.37. The molecule has 4 N–H and O–H groups in total. The van der Waals surface area contributed by atoms with Crippen LogP contribution in [0.1, 0.15) is 18.4 Å². The summed E-state index contributed by atoms with van der Waals surface area (Å²) < 4.78 is 13.5. The Morgan fingerprint density at radius 2 is 1.95 bits per heavy atom. The molecule has 2 amide bonds. The van der Waals surface area contributed by atoms with Gasteiger partial charge in [-0.15, -0.1) is 0 Å². The molecule has 114 valence electrons. The highest BCUT2D eigenvalue weighted by molar-refractivity contribution is 5.92. The van der Waals surface area contributed by atoms with Crippen molar-refractivity contribution in [1.29, 1.82) is 0 Å². The van der Waals surface area contributed by atoms with E-state index in [4.69, 9.17) is 10.2 Å². The number of hydrogen-bond acceptors (Lipinski definition) is 3. The predicted octanol–water partition coefficient (Wildman–Crippen LogP) is 1.57. The van der Waals surface area contributed by atoms with E-state index in [0.717, 1.165) is 0 Å². The quantitative estimate of drug-likeness (QED) is 0.636. The Morgan fingerprint density at radius 1 is 1.29 bits per heavy atom. The van der Waals surface area contributed by atoms with Gasteiger partial charge in [-0.3, -0.25) is 4.79 Å². The van der Waals surface area contributed by atoms with E-state index in [9.17, 15) is 18.8 Å². The first-order valence-electron chi connectivity index (χ1n) is 6.08. The summed E-state index contributed by atoms with van der Waals surface area (Å²) in [6.07, 6.45) is -0.676. The molecule has 1 unspecified atom stereocenters. The molecule has 0 bridgehead atoms. The maximum absolute atomic E-state index is 13.5. The number of benzene rings is 1. The summed E-state index contributed by atoms with van der Waals surface area (Å²) in [5.74, 6) is -3.19. The second-order valence-electron chi connectivity index (χ2n) is 4.40. The molecule has 0 saturated carbocycles. The first-order valence-corrected chi connectivity index (χ1v) is 6.08. The zero-order chi connectivity index (χ0) is 16.0. The normalized spacial score (nSPS) is 11.5. The molecular weight excluding hydrogens is 283 g/mol. The summed E-state index contributed by atoms with van der Waals surface area (Å²) >= 11 is 0. The van der Waals surface area contributed by atoms with Gasteiger partial charge in [0.15, 0.2) is 0 Å². The van der Waals surface area contributed by atoms with Gasteiger partial charge in [0.1, 0.15) is 11.9 Å². The van der Waals surface area contributed by atoms with Crippen molar-refractivity contribution in [2.45, 2.75) is 25.8 Å². The maximum atomic E-state index is 13.5. The van der Waals surface area contributed by atoms with Crippen molar-refractivity contribution in [2.24, 2.45) is 0 Å². The van der Waals surface area contributed by atoms with Gasteiger partial charge in [0.05, 0.1) is 5.69 Å². The zero-order valence-corrected chi connectivity index (χ0v) is 11.2. The molecule has 8 heteroatoms. The molecule has 0 aliphatic rings. The standard InChI is InChI=1S/C13H15FN2O5/c1-7-2-3-9(8(14)6-7)15-13(21)16-10(12(19)20)4-5-11(17)18/h2-3,6,10H,4-5H2,1H3,(H,17,18)(H,19,20)(H2,15,16,21). The average Bonchev–Trinajstić information content (AvgIpc) is 2.37. The summed E-state index contributed by atoms with van der Waals surface area (Å²) in [6.45, 7) is 1.68. The smallest absolute Gasteiger partial charge is 0.326 e. The fraction of sp³-hybridized carbons (Fsp3) is 0.308. The van der Waals surface area contributed by atoms with Gasteiger partial charge < -0.3 is 20.8 Å². The van der Waals surface area contributed by atoms with Crippen LogP contribution in [0.3, 0.4) is 0 Å². The molecule has 21 heavy (non-hydrogen) atoms. The number of anilines is 1. The molecule has 0 saturated heterocycles. The second kappa shape index (κ2) is 7.22. The highest BCUT2D eigenvalue weighted by atomic mass is 19.1. The van der Waals surface area contributed by atoms with Crippen molar-refractivity contribution >= 4 is 23.7 Å². The van der Waals surface area contributed by atoms with Crippen LogP contribution in [0.25, 0.3) is 0 Å². The Hall–Kier alpha value is -2.64. The van der Waals surface area contributed by atoms with Crippen LogP contribution >= 0.6 is 0 Å². The van der Waals surface area contributed by atoms with Crippen LogP contribution in [0.5, 0.6) is 0 Å². The van der Waals surface area contributed by atoms with Crippen LogP contribution in [0, 0.1) is 12.7 Å². The van der Waals surface area contributed by atoms with Crippen molar-refractivity contribution in [2.75, 3.05) is 5.32 Å². The molecule has 7 nitrogen and oxygen atoms in total. The Labute approximate surface area is 119 Å². The molecular formula is C13H15FN2O5. The van der Waals surface area contributed by atoms with Gasteiger partial charge in [0.2, 0.25) is 0 Å². The average molecular weight is 298 g/mol. The molecule has 1 aromatic rings. The highest BCUT2D eigenvalue weighted by Crippen LogP contribution is 2.15. The van der Waals surface area contributed by atoms with Crippen LogP contribution in [-0.4, -0.2) is 34.2 Å². The predicted molar refractivity (Wildman–Crippen MR) is 71.6 cm³/mol. The minimum Gasteiger partial charge on any atom is -0.481 e. The van der Waals surface area contributed by atoms with Crippen LogP contribution in [0.2, 0.25) is 0 Å². The number of amides is 2. The third kappa shape index (κ3) is 5.47. The number of aliphatic carboxylic acids is 2. The maximum Gasteiger partial charge on any atom is 0.326 e. The molecule has 1 rings (SSSR count). The fourth-order valence-corrected chi connectivity index (χ4v) is 1.56. The zero-order valence-electron chi connectivity index (χ0n) is 11.2. The minimum absolute atomic E-state index is 0.0968. The van der Waals surface area contributed by atoms with Crippen molar-refractivity contribution in [3.05, 3.63) is 29.6 Å². The van der Waals surface area contributed by atoms with E-state index in [2.05, 4.69) is 10.6 Å². The topological polar surface area (TPSA) is 116 Å². The largest absolute Gasteiger partial charge is 0.481 e. The lowest BCUT2D eigenvalue weighted by molar-refractivity contribution is -0.140. The molecule has 0 spiro atoms. The number of carboxylic acid groups (broad SMARTS) is 2. The summed E-state index contributed by atoms with van der Waals surface area (Å²) in [7, 11) is 0. The third-order valence-electron chi connectivity index (χ3n) is 2.62. The highest BCUT2D eigenvalue weighted by Gasteiger charge is 2.21. The second-order valence-corrected chi connectivity index (χ2v) is 4.40. The number of carbonyl (C=O) groups excluding carboxylic acids is 1. The lowest BCUT2D eigenvalue weighted by Gasteiger charge is -2.14. The molecule has 0 aliphatic heterocycles. The molecule has 0 aromatic heterocycles. The summed E-state index contributed by atoms with van der Waals surface area (Å²) in [5.41, 5.74) is 0.573. The number of carboxylic acids is 2. The van der Waals surface area contributed by atoms with Gasteiger partial charge in [0, 0.05) is 6.42 Å². The van der Waals surface area contributed by atoms with Gasteiger partial charge in [-0.2, -0.15) is 0 Å². The Balaban J connectivity index is 2.65. The Kier molecular flexibility index (Phi) is 5.65. The van der Waals surface area contributed by atoms with Gasteiger partial charge in [-0.25, -0.2) is 14.0 Å². The van der Waals surface area contributed by atoms with Crippen LogP contribution in [0.15, 0.2) is 18.2 Å². The number of rotatable bonds is 6.